The third-order valence-corrected chi connectivity index (χ3v) is 3.98. The molecule has 9 heteroatoms. The average molecular weight is 319 g/mol. The number of thioether (sulfide) groups is 1. The quantitative estimate of drug-likeness (QED) is 0.718. The fourth-order valence-corrected chi connectivity index (χ4v) is 2.83. The first-order valence-electron chi connectivity index (χ1n) is 5.88. The molecule has 2 aromatic heterocycles. The van der Waals surface area contributed by atoms with E-state index in [1.165, 1.54) is 11.5 Å². The minimum atomic E-state index is -0.903. The molecule has 0 amide bonds. The van der Waals surface area contributed by atoms with Gasteiger partial charge in [-0.2, -0.15) is 0 Å². The summed E-state index contributed by atoms with van der Waals surface area (Å²) in [5, 5.41) is 23.3. The van der Waals surface area contributed by atoms with Gasteiger partial charge in [-0.1, -0.05) is 34.4 Å². The standard InChI is InChI=1S/C12H9N5O2S2/c18-10(19)7-20-12-15-14-11(9-6-21-16-13-9)17(12)8-4-2-1-3-5-8/h1-6H,7H2,(H,18,19). The van der Waals surface area contributed by atoms with Crippen molar-refractivity contribution in [1.82, 2.24) is 24.4 Å². The highest BCUT2D eigenvalue weighted by Gasteiger charge is 2.18. The molecule has 1 N–H and O–H groups in total. The second kappa shape index (κ2) is 6.02. The van der Waals surface area contributed by atoms with Crippen LogP contribution < -0.4 is 0 Å². The number of benzene rings is 1. The summed E-state index contributed by atoms with van der Waals surface area (Å²) in [4.78, 5) is 10.8. The summed E-state index contributed by atoms with van der Waals surface area (Å²) in [6.45, 7) is 0. The van der Waals surface area contributed by atoms with E-state index in [1.807, 2.05) is 30.3 Å². The van der Waals surface area contributed by atoms with Crippen molar-refractivity contribution in [3.63, 3.8) is 0 Å². The summed E-state index contributed by atoms with van der Waals surface area (Å²) in [6.07, 6.45) is 0. The summed E-state index contributed by atoms with van der Waals surface area (Å²) < 4.78 is 5.61. The van der Waals surface area contributed by atoms with Gasteiger partial charge in [-0.15, -0.1) is 15.3 Å². The molecule has 0 atom stereocenters. The lowest BCUT2D eigenvalue weighted by Crippen LogP contribution is -2.03. The molecular formula is C12H9N5O2S2. The van der Waals surface area contributed by atoms with Gasteiger partial charge in [0.15, 0.2) is 11.0 Å². The third kappa shape index (κ3) is 2.93. The highest BCUT2D eigenvalue weighted by atomic mass is 32.2. The van der Waals surface area contributed by atoms with Gasteiger partial charge in [0.05, 0.1) is 5.75 Å². The Labute approximate surface area is 127 Å². The monoisotopic (exact) mass is 319 g/mol. The van der Waals surface area contributed by atoms with Gasteiger partial charge in [-0.05, 0) is 23.7 Å². The number of aromatic nitrogens is 5. The summed E-state index contributed by atoms with van der Waals surface area (Å²) in [7, 11) is 0. The Kier molecular flexibility index (Phi) is 3.93. The molecule has 3 aromatic rings. The largest absolute Gasteiger partial charge is 0.481 e. The molecule has 0 saturated carbocycles. The highest BCUT2D eigenvalue weighted by molar-refractivity contribution is 7.99. The Morgan fingerprint density at radius 1 is 1.24 bits per heavy atom. The molecule has 0 radical (unpaired) electrons. The summed E-state index contributed by atoms with van der Waals surface area (Å²) in [5.74, 6) is -0.442. The van der Waals surface area contributed by atoms with Gasteiger partial charge in [-0.25, -0.2) is 0 Å². The van der Waals surface area contributed by atoms with Crippen LogP contribution in [0.15, 0.2) is 40.9 Å². The van der Waals surface area contributed by atoms with E-state index in [9.17, 15) is 4.79 Å². The molecule has 0 saturated heterocycles. The highest BCUT2D eigenvalue weighted by Crippen LogP contribution is 2.27. The minimum Gasteiger partial charge on any atom is -0.481 e. The van der Waals surface area contributed by atoms with Crippen LogP contribution in [0.5, 0.6) is 0 Å². The third-order valence-electron chi connectivity index (χ3n) is 2.56. The van der Waals surface area contributed by atoms with Gasteiger partial charge < -0.3 is 5.11 Å². The van der Waals surface area contributed by atoms with Gasteiger partial charge >= 0.3 is 5.97 Å². The Hall–Kier alpha value is -2.26. The molecule has 0 aliphatic carbocycles. The lowest BCUT2D eigenvalue weighted by Gasteiger charge is -2.07. The molecule has 7 nitrogen and oxygen atoms in total. The van der Waals surface area contributed by atoms with Crippen molar-refractivity contribution in [3.05, 3.63) is 35.7 Å². The predicted octanol–water partition coefficient (Wildman–Crippen LogP) is 1.96. The predicted molar refractivity (Wildman–Crippen MR) is 78.6 cm³/mol. The van der Waals surface area contributed by atoms with Crippen molar-refractivity contribution in [2.75, 3.05) is 5.75 Å². The van der Waals surface area contributed by atoms with Crippen LogP contribution in [0, 0.1) is 0 Å². The summed E-state index contributed by atoms with van der Waals surface area (Å²) in [6, 6.07) is 9.49. The van der Waals surface area contributed by atoms with E-state index < -0.39 is 5.97 Å². The number of para-hydroxylation sites is 1. The van der Waals surface area contributed by atoms with Gasteiger partial charge in [-0.3, -0.25) is 9.36 Å². The van der Waals surface area contributed by atoms with Crippen molar-refractivity contribution < 1.29 is 9.90 Å². The molecule has 21 heavy (non-hydrogen) atoms. The maximum Gasteiger partial charge on any atom is 0.313 e. The van der Waals surface area contributed by atoms with Crippen molar-refractivity contribution in [1.29, 1.82) is 0 Å². The lowest BCUT2D eigenvalue weighted by atomic mass is 10.3. The van der Waals surface area contributed by atoms with Crippen LogP contribution in [0.25, 0.3) is 17.2 Å². The Bertz CT molecular complexity index is 742. The topological polar surface area (TPSA) is 93.8 Å². The molecule has 2 heterocycles. The van der Waals surface area contributed by atoms with Gasteiger partial charge in [0.1, 0.15) is 5.69 Å². The number of hydrogen-bond donors (Lipinski definition) is 1. The van der Waals surface area contributed by atoms with E-state index >= 15 is 0 Å². The van der Waals surface area contributed by atoms with Crippen molar-refractivity contribution in [2.24, 2.45) is 0 Å². The summed E-state index contributed by atoms with van der Waals surface area (Å²) in [5.41, 5.74) is 1.46. The van der Waals surface area contributed by atoms with E-state index in [4.69, 9.17) is 5.11 Å². The zero-order valence-corrected chi connectivity index (χ0v) is 12.2. The molecule has 0 aliphatic rings. The zero-order valence-electron chi connectivity index (χ0n) is 10.6. The Morgan fingerprint density at radius 2 is 2.05 bits per heavy atom. The lowest BCUT2D eigenvalue weighted by molar-refractivity contribution is -0.133. The first-order chi connectivity index (χ1) is 10.3. The average Bonchev–Trinajstić information content (AvgIpc) is 3.15. The van der Waals surface area contributed by atoms with Crippen LogP contribution >= 0.6 is 23.3 Å². The Morgan fingerprint density at radius 3 is 2.71 bits per heavy atom. The van der Waals surface area contributed by atoms with Crippen LogP contribution in [0.3, 0.4) is 0 Å². The van der Waals surface area contributed by atoms with E-state index in [0.29, 0.717) is 16.7 Å². The molecular weight excluding hydrogens is 310 g/mol. The van der Waals surface area contributed by atoms with Crippen LogP contribution in [0.4, 0.5) is 0 Å². The van der Waals surface area contributed by atoms with E-state index in [1.54, 1.807) is 9.95 Å². The number of aliphatic carboxylic acids is 1. The first-order valence-corrected chi connectivity index (χ1v) is 7.71. The molecule has 0 bridgehead atoms. The number of carbonyl (C=O) groups is 1. The normalized spacial score (nSPS) is 10.7. The van der Waals surface area contributed by atoms with Crippen molar-refractivity contribution in [2.45, 2.75) is 5.16 Å². The van der Waals surface area contributed by atoms with E-state index in [2.05, 4.69) is 19.8 Å². The minimum absolute atomic E-state index is 0.0831. The second-order valence-corrected chi connectivity index (χ2v) is 5.50. The van der Waals surface area contributed by atoms with Crippen LogP contribution in [0.2, 0.25) is 0 Å². The number of nitrogens with zero attached hydrogens (tertiary/aromatic N) is 5. The Balaban J connectivity index is 2.08. The van der Waals surface area contributed by atoms with Gasteiger partial charge in [0.2, 0.25) is 0 Å². The van der Waals surface area contributed by atoms with Crippen LogP contribution in [0.1, 0.15) is 0 Å². The maximum atomic E-state index is 10.8. The van der Waals surface area contributed by atoms with E-state index in [-0.39, 0.29) is 5.75 Å². The van der Waals surface area contributed by atoms with Crippen LogP contribution in [-0.2, 0) is 4.79 Å². The molecule has 0 fully saturated rings. The second-order valence-electron chi connectivity index (χ2n) is 3.95. The maximum absolute atomic E-state index is 10.8. The number of rotatable bonds is 5. The molecule has 0 spiro atoms. The smallest absolute Gasteiger partial charge is 0.313 e. The van der Waals surface area contributed by atoms with Crippen LogP contribution in [-0.4, -0.2) is 41.2 Å². The summed E-state index contributed by atoms with van der Waals surface area (Å²) >= 11 is 2.34. The fourth-order valence-electron chi connectivity index (χ4n) is 1.73. The van der Waals surface area contributed by atoms with Gasteiger partial charge in [0.25, 0.3) is 0 Å². The van der Waals surface area contributed by atoms with Crippen molar-refractivity contribution >= 4 is 29.3 Å². The number of carboxylic acid groups (broad SMARTS) is 1. The molecule has 0 aliphatic heterocycles. The zero-order chi connectivity index (χ0) is 14.7. The molecule has 106 valence electrons. The van der Waals surface area contributed by atoms with Gasteiger partial charge in [0, 0.05) is 11.1 Å². The molecule has 0 unspecified atom stereocenters. The molecule has 1 aromatic carbocycles. The first kappa shape index (κ1) is 13.7. The number of carboxylic acids is 1. The SMILES string of the molecule is O=C(O)CSc1nnc(-c2csnn2)n1-c1ccccc1. The number of hydrogen-bond acceptors (Lipinski definition) is 7. The van der Waals surface area contributed by atoms with E-state index in [0.717, 1.165) is 17.4 Å². The fraction of sp³-hybridized carbons (Fsp3) is 0.0833. The van der Waals surface area contributed by atoms with Crippen molar-refractivity contribution in [3.8, 4) is 17.2 Å². The molecule has 3 rings (SSSR count).